The molecule has 0 aliphatic heterocycles. The van der Waals surface area contributed by atoms with E-state index in [2.05, 4.69) is 91.0 Å². The maximum absolute atomic E-state index is 5.11. The molecule has 118 valence electrons. The molecule has 0 atom stereocenters. The van der Waals surface area contributed by atoms with Crippen molar-refractivity contribution in [2.75, 3.05) is 0 Å². The molecule has 1 heterocycles. The fourth-order valence-corrected chi connectivity index (χ4v) is 3.69. The van der Waals surface area contributed by atoms with Crippen LogP contribution in [0.5, 0.6) is 0 Å². The van der Waals surface area contributed by atoms with Gasteiger partial charge in [-0.25, -0.2) is 0 Å². The van der Waals surface area contributed by atoms with Crippen LogP contribution in [0.15, 0.2) is 91.0 Å². The molecule has 0 spiro atoms. The molecule has 0 N–H and O–H groups in total. The smallest absolute Gasteiger partial charge is 0.0784 e. The van der Waals surface area contributed by atoms with E-state index in [0.717, 1.165) is 12.1 Å². The van der Waals surface area contributed by atoms with Gasteiger partial charge in [0.05, 0.1) is 11.4 Å². The quantitative estimate of drug-likeness (QED) is 0.389. The monoisotopic (exact) mass is 319 g/mol. The lowest BCUT2D eigenvalue weighted by Crippen LogP contribution is -1.95. The lowest BCUT2D eigenvalue weighted by molar-refractivity contribution is 1.13. The van der Waals surface area contributed by atoms with Crippen LogP contribution in [-0.4, -0.2) is 4.98 Å². The van der Waals surface area contributed by atoms with Crippen LogP contribution in [0.2, 0.25) is 0 Å². The maximum Gasteiger partial charge on any atom is 0.0784 e. The number of fused-ring (bicyclic) bond motifs is 3. The van der Waals surface area contributed by atoms with Gasteiger partial charge in [0.2, 0.25) is 0 Å². The van der Waals surface area contributed by atoms with E-state index in [1.807, 2.05) is 0 Å². The molecule has 3 aromatic carbocycles. The molecular formula is C24H17N. The summed E-state index contributed by atoms with van der Waals surface area (Å²) in [5, 5.41) is 0. The minimum absolute atomic E-state index is 0.917. The van der Waals surface area contributed by atoms with Gasteiger partial charge in [0.15, 0.2) is 0 Å². The number of pyridine rings is 1. The van der Waals surface area contributed by atoms with Gasteiger partial charge in [-0.15, -0.1) is 0 Å². The third-order valence-electron chi connectivity index (χ3n) is 4.90. The Balaban J connectivity index is 1.79. The first kappa shape index (κ1) is 14.2. The maximum atomic E-state index is 5.11. The molecule has 0 amide bonds. The largest absolute Gasteiger partial charge is 0.251 e. The molecule has 0 radical (unpaired) electrons. The van der Waals surface area contributed by atoms with Gasteiger partial charge in [-0.3, -0.25) is 4.98 Å². The Hall–Kier alpha value is -3.19. The zero-order chi connectivity index (χ0) is 16.6. The first-order valence-electron chi connectivity index (χ1n) is 8.63. The average molecular weight is 319 g/mol. The summed E-state index contributed by atoms with van der Waals surface area (Å²) in [6.07, 6.45) is 0.917. The molecule has 1 aromatic heterocycles. The number of hydrogen-bond donors (Lipinski definition) is 0. The van der Waals surface area contributed by atoms with Gasteiger partial charge in [0, 0.05) is 23.1 Å². The Kier molecular flexibility index (Phi) is 3.24. The highest BCUT2D eigenvalue weighted by atomic mass is 14.7. The van der Waals surface area contributed by atoms with Crippen molar-refractivity contribution in [2.45, 2.75) is 6.42 Å². The van der Waals surface area contributed by atoms with Crippen LogP contribution < -0.4 is 0 Å². The number of aromatic nitrogens is 1. The van der Waals surface area contributed by atoms with Crippen LogP contribution in [0.1, 0.15) is 11.3 Å². The normalized spacial score (nSPS) is 11.8. The molecule has 0 fully saturated rings. The van der Waals surface area contributed by atoms with Crippen molar-refractivity contribution in [2.24, 2.45) is 0 Å². The van der Waals surface area contributed by atoms with E-state index in [4.69, 9.17) is 4.98 Å². The average Bonchev–Trinajstić information content (AvgIpc) is 3.06. The third-order valence-corrected chi connectivity index (χ3v) is 4.90. The summed E-state index contributed by atoms with van der Waals surface area (Å²) in [4.78, 5) is 5.11. The van der Waals surface area contributed by atoms with Crippen LogP contribution in [-0.2, 0) is 6.42 Å². The highest BCUT2D eigenvalue weighted by Crippen LogP contribution is 2.41. The zero-order valence-corrected chi connectivity index (χ0v) is 13.8. The van der Waals surface area contributed by atoms with Crippen LogP contribution in [0, 0.1) is 0 Å². The zero-order valence-electron chi connectivity index (χ0n) is 13.8. The summed E-state index contributed by atoms with van der Waals surface area (Å²) in [5.74, 6) is 0. The molecule has 1 nitrogen and oxygen atoms in total. The minimum Gasteiger partial charge on any atom is -0.251 e. The van der Waals surface area contributed by atoms with Gasteiger partial charge < -0.3 is 0 Å². The second-order valence-electron chi connectivity index (χ2n) is 6.44. The summed E-state index contributed by atoms with van der Waals surface area (Å²) in [6, 6.07) is 32.0. The van der Waals surface area contributed by atoms with Gasteiger partial charge in [-0.05, 0) is 22.8 Å². The van der Waals surface area contributed by atoms with Crippen molar-refractivity contribution >= 4 is 0 Å². The molecule has 5 rings (SSSR count). The van der Waals surface area contributed by atoms with Crippen LogP contribution >= 0.6 is 0 Å². The summed E-state index contributed by atoms with van der Waals surface area (Å²) >= 11 is 0. The molecule has 0 saturated carbocycles. The van der Waals surface area contributed by atoms with Crippen LogP contribution in [0.3, 0.4) is 0 Å². The van der Waals surface area contributed by atoms with Crippen molar-refractivity contribution in [1.82, 2.24) is 4.98 Å². The predicted octanol–water partition coefficient (Wildman–Crippen LogP) is 5.99. The van der Waals surface area contributed by atoms with Gasteiger partial charge in [-0.2, -0.15) is 0 Å². The highest BCUT2D eigenvalue weighted by Gasteiger charge is 2.22. The molecule has 1 aliphatic carbocycles. The van der Waals surface area contributed by atoms with Crippen molar-refractivity contribution in [1.29, 1.82) is 0 Å². The molecule has 1 heteroatoms. The van der Waals surface area contributed by atoms with E-state index in [1.54, 1.807) is 0 Å². The van der Waals surface area contributed by atoms with Crippen LogP contribution in [0.25, 0.3) is 33.5 Å². The Morgan fingerprint density at radius 3 is 1.96 bits per heavy atom. The summed E-state index contributed by atoms with van der Waals surface area (Å²) in [6.45, 7) is 0. The Morgan fingerprint density at radius 1 is 0.560 bits per heavy atom. The van der Waals surface area contributed by atoms with E-state index in [0.29, 0.717) is 0 Å². The number of benzene rings is 3. The van der Waals surface area contributed by atoms with Crippen LogP contribution in [0.4, 0.5) is 0 Å². The van der Waals surface area contributed by atoms with Crippen molar-refractivity contribution in [3.63, 3.8) is 0 Å². The Labute approximate surface area is 147 Å². The molecule has 0 bridgehead atoms. The first-order valence-corrected chi connectivity index (χ1v) is 8.63. The molecule has 1 aliphatic rings. The number of rotatable bonds is 2. The molecule has 0 saturated heterocycles. The van der Waals surface area contributed by atoms with E-state index < -0.39 is 0 Å². The summed E-state index contributed by atoms with van der Waals surface area (Å²) < 4.78 is 0. The van der Waals surface area contributed by atoms with Crippen molar-refractivity contribution in [3.05, 3.63) is 102 Å². The Morgan fingerprint density at radius 2 is 1.20 bits per heavy atom. The predicted molar refractivity (Wildman–Crippen MR) is 103 cm³/mol. The first-order chi connectivity index (χ1) is 12.4. The summed E-state index contributed by atoms with van der Waals surface area (Å²) in [7, 11) is 0. The lowest BCUT2D eigenvalue weighted by atomic mass is 9.96. The highest BCUT2D eigenvalue weighted by molar-refractivity contribution is 5.87. The minimum atomic E-state index is 0.917. The van der Waals surface area contributed by atoms with Crippen molar-refractivity contribution < 1.29 is 0 Å². The number of hydrogen-bond acceptors (Lipinski definition) is 1. The molecule has 0 unspecified atom stereocenters. The van der Waals surface area contributed by atoms with Gasteiger partial charge in [0.25, 0.3) is 0 Å². The molecule has 4 aromatic rings. The van der Waals surface area contributed by atoms with Crippen molar-refractivity contribution in [3.8, 4) is 33.5 Å². The van der Waals surface area contributed by atoms with E-state index in [-0.39, 0.29) is 0 Å². The lowest BCUT2D eigenvalue weighted by Gasteiger charge is -2.13. The number of nitrogens with zero attached hydrogens (tertiary/aromatic N) is 1. The second-order valence-corrected chi connectivity index (χ2v) is 6.44. The Bertz CT molecular complexity index is 1050. The van der Waals surface area contributed by atoms with E-state index in [9.17, 15) is 0 Å². The second kappa shape index (κ2) is 5.71. The third kappa shape index (κ3) is 2.36. The van der Waals surface area contributed by atoms with Gasteiger partial charge >= 0.3 is 0 Å². The van der Waals surface area contributed by atoms with E-state index in [1.165, 1.54) is 39.1 Å². The molecule has 25 heavy (non-hydrogen) atoms. The SMILES string of the molecule is c1ccc(-c2cc3c(nc2-c2ccccc2)Cc2ccccc2-3)cc1. The fraction of sp³-hybridized carbons (Fsp3) is 0.0417. The summed E-state index contributed by atoms with van der Waals surface area (Å²) in [5.41, 5.74) is 9.78. The molecular weight excluding hydrogens is 302 g/mol. The van der Waals surface area contributed by atoms with Gasteiger partial charge in [0.1, 0.15) is 0 Å². The van der Waals surface area contributed by atoms with Gasteiger partial charge in [-0.1, -0.05) is 84.9 Å². The topological polar surface area (TPSA) is 12.9 Å². The standard InChI is InChI=1S/C24H17N/c1-3-9-17(10-4-1)21-16-22-20-14-8-7-13-19(20)15-23(22)25-24(21)18-11-5-2-6-12-18/h1-14,16H,15H2. The van der Waals surface area contributed by atoms with E-state index >= 15 is 0 Å². The fourth-order valence-electron chi connectivity index (χ4n) is 3.69.